The van der Waals surface area contributed by atoms with Crippen LogP contribution in [-0.2, 0) is 0 Å². The van der Waals surface area contributed by atoms with Gasteiger partial charge in [0.15, 0.2) is 0 Å². The average Bonchev–Trinajstić information content (AvgIpc) is 2.03. The van der Waals surface area contributed by atoms with E-state index in [1.54, 1.807) is 0 Å². The molecule has 1 rings (SSSR count). The Labute approximate surface area is 82.3 Å². The second-order valence-electron chi connectivity index (χ2n) is 2.85. The van der Waals surface area contributed by atoms with Gasteiger partial charge in [-0.25, -0.2) is 0 Å². The van der Waals surface area contributed by atoms with Gasteiger partial charge in [-0.3, -0.25) is 4.98 Å². The van der Waals surface area contributed by atoms with Crippen molar-refractivity contribution < 1.29 is 0 Å². The van der Waals surface area contributed by atoms with Crippen LogP contribution in [0.4, 0.5) is 0 Å². The minimum atomic E-state index is 1.05. The average molecular weight is 227 g/mol. The van der Waals surface area contributed by atoms with Gasteiger partial charge >= 0.3 is 0 Å². The maximum Gasteiger partial charge on any atom is 0.0471 e. The Balaban J connectivity index is 2.72. The van der Waals surface area contributed by atoms with Gasteiger partial charge in [-0.05, 0) is 40.9 Å². The van der Waals surface area contributed by atoms with Crippen LogP contribution >= 0.6 is 15.9 Å². The summed E-state index contributed by atoms with van der Waals surface area (Å²) in [5.74, 6) is 0. The molecule has 0 aliphatic carbocycles. The summed E-state index contributed by atoms with van der Waals surface area (Å²) in [4.78, 5) is 4.31. The van der Waals surface area contributed by atoms with Crippen LogP contribution in [0.3, 0.4) is 0 Å². The summed E-state index contributed by atoms with van der Waals surface area (Å²) in [6.45, 7) is 4.25. The van der Waals surface area contributed by atoms with Gasteiger partial charge in [-0.15, -0.1) is 0 Å². The van der Waals surface area contributed by atoms with Crippen molar-refractivity contribution in [3.63, 3.8) is 0 Å². The Bertz CT molecular complexity index is 258. The van der Waals surface area contributed by atoms with E-state index in [4.69, 9.17) is 0 Å². The Morgan fingerprint density at radius 2 is 2.33 bits per heavy atom. The van der Waals surface area contributed by atoms with Gasteiger partial charge in [-0.1, -0.05) is 13.3 Å². The van der Waals surface area contributed by atoms with Crippen LogP contribution in [0.15, 0.2) is 16.7 Å². The molecular formula is C10H13BrN. The summed E-state index contributed by atoms with van der Waals surface area (Å²) in [7, 11) is 0. The lowest BCUT2D eigenvalue weighted by molar-refractivity contribution is 0.896. The molecule has 0 amide bonds. The number of unbranched alkanes of at least 4 members (excludes halogenated alkanes) is 1. The Hall–Kier alpha value is -0.370. The smallest absolute Gasteiger partial charge is 0.0471 e. The van der Waals surface area contributed by atoms with Crippen molar-refractivity contribution in [1.29, 1.82) is 0 Å². The molecule has 1 nitrogen and oxygen atoms in total. The van der Waals surface area contributed by atoms with E-state index < -0.39 is 0 Å². The van der Waals surface area contributed by atoms with Gasteiger partial charge in [0.2, 0.25) is 0 Å². The zero-order valence-electron chi connectivity index (χ0n) is 7.47. The number of aromatic nitrogens is 1. The van der Waals surface area contributed by atoms with Gasteiger partial charge < -0.3 is 0 Å². The molecule has 0 unspecified atom stereocenters. The molecule has 2 heteroatoms. The maximum absolute atomic E-state index is 4.31. The highest BCUT2D eigenvalue weighted by atomic mass is 79.9. The highest BCUT2D eigenvalue weighted by Crippen LogP contribution is 2.15. The highest BCUT2D eigenvalue weighted by Gasteiger charge is 1.99. The molecule has 0 aliphatic rings. The molecule has 0 fully saturated rings. The number of aryl methyl sites for hydroxylation is 1. The van der Waals surface area contributed by atoms with Crippen LogP contribution in [0.1, 0.15) is 31.0 Å². The van der Waals surface area contributed by atoms with Gasteiger partial charge in [0.25, 0.3) is 0 Å². The predicted molar refractivity (Wildman–Crippen MR) is 55.0 cm³/mol. The number of halogens is 1. The molecule has 1 radical (unpaired) electrons. The van der Waals surface area contributed by atoms with E-state index in [9.17, 15) is 0 Å². The zero-order valence-corrected chi connectivity index (χ0v) is 9.06. The molecular weight excluding hydrogens is 214 g/mol. The summed E-state index contributed by atoms with van der Waals surface area (Å²) >= 11 is 3.39. The molecule has 0 aliphatic heterocycles. The molecule has 0 bridgehead atoms. The molecule has 0 atom stereocenters. The molecule has 0 saturated heterocycles. The van der Waals surface area contributed by atoms with Crippen LogP contribution in [0.25, 0.3) is 0 Å². The molecule has 0 aromatic carbocycles. The van der Waals surface area contributed by atoms with Gasteiger partial charge in [0.05, 0.1) is 0 Å². The second-order valence-corrected chi connectivity index (χ2v) is 3.76. The topological polar surface area (TPSA) is 12.9 Å². The first kappa shape index (κ1) is 9.72. The third kappa shape index (κ3) is 2.59. The molecule has 0 spiro atoms. The van der Waals surface area contributed by atoms with Gasteiger partial charge in [0, 0.05) is 22.8 Å². The fourth-order valence-corrected chi connectivity index (χ4v) is 1.49. The number of hydrogen-bond donors (Lipinski definition) is 0. The first-order valence-electron chi connectivity index (χ1n) is 4.19. The van der Waals surface area contributed by atoms with Gasteiger partial charge in [-0.2, -0.15) is 0 Å². The lowest BCUT2D eigenvalue weighted by atomic mass is 10.1. The Morgan fingerprint density at radius 1 is 1.58 bits per heavy atom. The van der Waals surface area contributed by atoms with Crippen LogP contribution in [-0.4, -0.2) is 4.98 Å². The third-order valence-electron chi connectivity index (χ3n) is 1.71. The van der Waals surface area contributed by atoms with Crippen LogP contribution < -0.4 is 0 Å². The van der Waals surface area contributed by atoms with E-state index in [0.29, 0.717) is 0 Å². The summed E-state index contributed by atoms with van der Waals surface area (Å²) < 4.78 is 1.05. The van der Waals surface area contributed by atoms with Crippen molar-refractivity contribution in [2.24, 2.45) is 0 Å². The van der Waals surface area contributed by atoms with Crippen molar-refractivity contribution in [2.75, 3.05) is 0 Å². The molecule has 1 heterocycles. The maximum atomic E-state index is 4.31. The molecule has 0 saturated carbocycles. The molecule has 65 valence electrons. The lowest BCUT2D eigenvalue weighted by Crippen LogP contribution is -1.91. The molecule has 0 N–H and O–H groups in total. The summed E-state index contributed by atoms with van der Waals surface area (Å²) in [6, 6.07) is 2.09. The van der Waals surface area contributed by atoms with Crippen molar-refractivity contribution in [3.05, 3.63) is 34.4 Å². The summed E-state index contributed by atoms with van der Waals surface area (Å²) in [6.07, 6.45) is 6.31. The number of pyridine rings is 1. The Morgan fingerprint density at radius 3 is 2.92 bits per heavy atom. The monoisotopic (exact) mass is 226 g/mol. The minimum absolute atomic E-state index is 1.05. The second kappa shape index (κ2) is 4.61. The van der Waals surface area contributed by atoms with Crippen molar-refractivity contribution in [1.82, 2.24) is 4.98 Å². The summed E-state index contributed by atoms with van der Waals surface area (Å²) in [5.41, 5.74) is 2.35. The fraction of sp³-hybridized carbons (Fsp3) is 0.400. The number of hydrogen-bond acceptors (Lipinski definition) is 1. The first-order chi connectivity index (χ1) is 5.74. The SMILES string of the molecule is CCC[CH]c1ncc(Br)cc1C. The van der Waals surface area contributed by atoms with Crippen molar-refractivity contribution in [2.45, 2.75) is 26.7 Å². The van der Waals surface area contributed by atoms with Crippen LogP contribution in [0, 0.1) is 13.3 Å². The Kier molecular flexibility index (Phi) is 3.73. The lowest BCUT2D eigenvalue weighted by Gasteiger charge is -2.02. The molecule has 12 heavy (non-hydrogen) atoms. The molecule has 1 aromatic heterocycles. The quantitative estimate of drug-likeness (QED) is 0.769. The minimum Gasteiger partial charge on any atom is -0.260 e. The van der Waals surface area contributed by atoms with Crippen LogP contribution in [0.5, 0.6) is 0 Å². The van der Waals surface area contributed by atoms with E-state index in [-0.39, 0.29) is 0 Å². The van der Waals surface area contributed by atoms with E-state index >= 15 is 0 Å². The van der Waals surface area contributed by atoms with Crippen LogP contribution in [0.2, 0.25) is 0 Å². The van der Waals surface area contributed by atoms with Gasteiger partial charge in [0.1, 0.15) is 0 Å². The third-order valence-corrected chi connectivity index (χ3v) is 2.15. The standard InChI is InChI=1S/C10H13BrN/c1-3-4-5-10-8(2)6-9(11)7-12-10/h5-7H,3-4H2,1-2H3. The largest absolute Gasteiger partial charge is 0.260 e. The van der Waals surface area contributed by atoms with E-state index in [2.05, 4.69) is 47.2 Å². The van der Waals surface area contributed by atoms with Crippen molar-refractivity contribution in [3.8, 4) is 0 Å². The first-order valence-corrected chi connectivity index (χ1v) is 4.98. The van der Waals surface area contributed by atoms with E-state index in [0.717, 1.165) is 16.6 Å². The predicted octanol–water partition coefficient (Wildman–Crippen LogP) is 3.51. The highest BCUT2D eigenvalue weighted by molar-refractivity contribution is 9.10. The number of rotatable bonds is 3. The summed E-state index contributed by atoms with van der Waals surface area (Å²) in [5, 5.41) is 0. The van der Waals surface area contributed by atoms with E-state index in [1.165, 1.54) is 12.0 Å². The van der Waals surface area contributed by atoms with E-state index in [1.807, 2.05) is 6.20 Å². The molecule has 1 aromatic rings. The fourth-order valence-electron chi connectivity index (χ4n) is 1.05. The number of nitrogens with zero attached hydrogens (tertiary/aromatic N) is 1. The zero-order chi connectivity index (χ0) is 8.97. The van der Waals surface area contributed by atoms with Crippen molar-refractivity contribution >= 4 is 15.9 Å². The normalized spacial score (nSPS) is 10.2.